The van der Waals surface area contributed by atoms with E-state index in [0.717, 1.165) is 5.56 Å². The Kier molecular flexibility index (Phi) is 8.71. The normalized spacial score (nSPS) is 11.8. The Hall–Kier alpha value is -3.01. The van der Waals surface area contributed by atoms with E-state index in [0.29, 0.717) is 6.42 Å². The Morgan fingerprint density at radius 1 is 1.00 bits per heavy atom. The summed E-state index contributed by atoms with van der Waals surface area (Å²) in [7, 11) is 1.66. The lowest BCUT2D eigenvalue weighted by atomic mass is 10.2. The van der Waals surface area contributed by atoms with Crippen molar-refractivity contribution in [2.45, 2.75) is 59.2 Å². The lowest BCUT2D eigenvalue weighted by molar-refractivity contribution is 0.0556. The Morgan fingerprint density at radius 2 is 1.59 bits per heavy atom. The lowest BCUT2D eigenvalue weighted by Crippen LogP contribution is -2.45. The minimum absolute atomic E-state index is 0.00233. The van der Waals surface area contributed by atoms with E-state index in [1.807, 2.05) is 30.3 Å². The van der Waals surface area contributed by atoms with Crippen LogP contribution in [0.15, 0.2) is 35.3 Å². The van der Waals surface area contributed by atoms with Gasteiger partial charge in [-0.15, -0.1) is 4.99 Å². The number of hydrogen-bond acceptors (Lipinski definition) is 4. The van der Waals surface area contributed by atoms with Gasteiger partial charge in [-0.1, -0.05) is 42.2 Å². The number of carbonyl (C=O) groups is 2. The monoisotopic (exact) mass is 401 g/mol. The minimum Gasteiger partial charge on any atom is -0.444 e. The van der Waals surface area contributed by atoms with Gasteiger partial charge >= 0.3 is 12.2 Å². The van der Waals surface area contributed by atoms with E-state index in [4.69, 9.17) is 9.47 Å². The molecule has 0 aliphatic carbocycles. The SMILES string of the molecule is CN(CC#CCc1ccccc1)/C(=N\C(=O)OC(C)(C)C)NC(=O)OC(C)(C)C. The molecule has 0 spiro atoms. The van der Waals surface area contributed by atoms with Crippen LogP contribution in [-0.4, -0.2) is 47.8 Å². The summed E-state index contributed by atoms with van der Waals surface area (Å²) in [5, 5.41) is 2.49. The number of amides is 2. The van der Waals surface area contributed by atoms with Crippen molar-refractivity contribution in [2.75, 3.05) is 13.6 Å². The molecule has 1 rings (SSSR count). The van der Waals surface area contributed by atoms with Crippen molar-refractivity contribution >= 4 is 18.1 Å². The van der Waals surface area contributed by atoms with Gasteiger partial charge < -0.3 is 14.4 Å². The molecule has 29 heavy (non-hydrogen) atoms. The maximum absolute atomic E-state index is 12.1. The third kappa shape index (κ3) is 11.4. The van der Waals surface area contributed by atoms with Crippen LogP contribution in [0, 0.1) is 11.8 Å². The third-order valence-electron chi connectivity index (χ3n) is 3.14. The van der Waals surface area contributed by atoms with Crippen molar-refractivity contribution < 1.29 is 19.1 Å². The summed E-state index contributed by atoms with van der Waals surface area (Å²) in [6.45, 7) is 10.7. The van der Waals surface area contributed by atoms with Crippen LogP contribution < -0.4 is 5.32 Å². The van der Waals surface area contributed by atoms with Crippen molar-refractivity contribution in [3.8, 4) is 11.8 Å². The van der Waals surface area contributed by atoms with Crippen LogP contribution in [0.25, 0.3) is 0 Å². The summed E-state index contributed by atoms with van der Waals surface area (Å²) >= 11 is 0. The van der Waals surface area contributed by atoms with Gasteiger partial charge in [0.05, 0.1) is 6.54 Å². The van der Waals surface area contributed by atoms with Gasteiger partial charge in [-0.2, -0.15) is 0 Å². The fraction of sp³-hybridized carbons (Fsp3) is 0.500. The van der Waals surface area contributed by atoms with Gasteiger partial charge in [0.15, 0.2) is 0 Å². The number of ether oxygens (including phenoxy) is 2. The molecule has 0 unspecified atom stereocenters. The second-order valence-electron chi connectivity index (χ2n) is 8.41. The Labute approximate surface area is 173 Å². The zero-order valence-electron chi connectivity index (χ0n) is 18.3. The summed E-state index contributed by atoms with van der Waals surface area (Å²) < 4.78 is 10.4. The van der Waals surface area contributed by atoms with Gasteiger partial charge in [-0.05, 0) is 47.1 Å². The van der Waals surface area contributed by atoms with E-state index in [-0.39, 0.29) is 12.5 Å². The smallest absolute Gasteiger partial charge is 0.437 e. The number of alkyl carbamates (subject to hydrolysis) is 1. The molecule has 158 valence electrons. The standard InChI is InChI=1S/C22H31N3O4/c1-21(2,3)28-19(26)23-18(24-20(27)29-22(4,5)6)25(7)16-12-11-15-17-13-9-8-10-14-17/h8-10,13-14H,15-16H2,1-7H3,(H,23,24,26,27). The number of carbonyl (C=O) groups excluding carboxylic acids is 2. The van der Waals surface area contributed by atoms with Gasteiger partial charge in [0.1, 0.15) is 11.2 Å². The molecule has 1 aromatic carbocycles. The molecule has 1 N–H and O–H groups in total. The second-order valence-corrected chi connectivity index (χ2v) is 8.41. The number of benzene rings is 1. The van der Waals surface area contributed by atoms with Crippen LogP contribution in [0.2, 0.25) is 0 Å². The highest BCUT2D eigenvalue weighted by atomic mass is 16.6. The zero-order valence-corrected chi connectivity index (χ0v) is 18.3. The van der Waals surface area contributed by atoms with Crippen LogP contribution in [0.4, 0.5) is 9.59 Å². The maximum Gasteiger partial charge on any atom is 0.437 e. The van der Waals surface area contributed by atoms with E-state index in [9.17, 15) is 9.59 Å². The molecule has 2 amide bonds. The summed E-state index contributed by atoms with van der Waals surface area (Å²) in [6, 6.07) is 9.86. The molecule has 0 atom stereocenters. The van der Waals surface area contributed by atoms with E-state index in [2.05, 4.69) is 22.2 Å². The highest BCUT2D eigenvalue weighted by Crippen LogP contribution is 2.09. The first kappa shape index (κ1) is 24.0. The van der Waals surface area contributed by atoms with Gasteiger partial charge in [-0.25, -0.2) is 9.59 Å². The largest absolute Gasteiger partial charge is 0.444 e. The summed E-state index contributed by atoms with van der Waals surface area (Å²) in [4.78, 5) is 29.6. The van der Waals surface area contributed by atoms with Gasteiger partial charge in [0.25, 0.3) is 0 Å². The quantitative estimate of drug-likeness (QED) is 0.461. The molecule has 0 aliphatic heterocycles. The fourth-order valence-corrected chi connectivity index (χ4v) is 1.98. The van der Waals surface area contributed by atoms with Crippen LogP contribution in [0.5, 0.6) is 0 Å². The molecule has 0 aliphatic rings. The van der Waals surface area contributed by atoms with Crippen molar-refractivity contribution in [1.29, 1.82) is 0 Å². The number of hydrogen-bond donors (Lipinski definition) is 1. The molecule has 0 heterocycles. The van der Waals surface area contributed by atoms with E-state index < -0.39 is 23.4 Å². The van der Waals surface area contributed by atoms with Crippen LogP contribution in [0.1, 0.15) is 47.1 Å². The molecule has 1 aromatic rings. The van der Waals surface area contributed by atoms with Gasteiger partial charge in [-0.3, -0.25) is 5.32 Å². The van der Waals surface area contributed by atoms with E-state index in [1.165, 1.54) is 0 Å². The number of nitrogens with one attached hydrogen (secondary N) is 1. The summed E-state index contributed by atoms with van der Waals surface area (Å²) in [5.74, 6) is 6.07. The third-order valence-corrected chi connectivity index (χ3v) is 3.14. The second kappa shape index (κ2) is 10.5. The fourth-order valence-electron chi connectivity index (χ4n) is 1.98. The van der Waals surface area contributed by atoms with E-state index >= 15 is 0 Å². The Balaban J connectivity index is 2.85. The molecule has 0 aromatic heterocycles. The predicted octanol–water partition coefficient (Wildman–Crippen LogP) is 3.98. The Bertz CT molecular complexity index is 778. The summed E-state index contributed by atoms with van der Waals surface area (Å²) in [5.41, 5.74) is -0.280. The first-order chi connectivity index (χ1) is 13.4. The summed E-state index contributed by atoms with van der Waals surface area (Å²) in [6.07, 6.45) is -0.927. The van der Waals surface area contributed by atoms with Crippen molar-refractivity contribution in [3.63, 3.8) is 0 Å². The number of guanidine groups is 1. The molecular formula is C22H31N3O4. The minimum atomic E-state index is -0.812. The topological polar surface area (TPSA) is 80.2 Å². The van der Waals surface area contributed by atoms with Crippen LogP contribution in [-0.2, 0) is 15.9 Å². The molecular weight excluding hydrogens is 370 g/mol. The first-order valence-corrected chi connectivity index (χ1v) is 9.38. The average molecular weight is 402 g/mol. The highest BCUT2D eigenvalue weighted by Gasteiger charge is 2.21. The maximum atomic E-state index is 12.1. The van der Waals surface area contributed by atoms with Gasteiger partial charge in [0.2, 0.25) is 5.96 Å². The number of rotatable bonds is 2. The molecule has 7 heteroatoms. The number of nitrogens with zero attached hydrogens (tertiary/aromatic N) is 2. The molecule has 0 bridgehead atoms. The number of aliphatic imine (C=N–C) groups is 1. The molecule has 0 fully saturated rings. The molecule has 0 radical (unpaired) electrons. The van der Waals surface area contributed by atoms with Crippen LogP contribution >= 0.6 is 0 Å². The molecule has 0 saturated carbocycles. The van der Waals surface area contributed by atoms with Crippen molar-refractivity contribution in [1.82, 2.24) is 10.2 Å². The first-order valence-electron chi connectivity index (χ1n) is 9.38. The van der Waals surface area contributed by atoms with Crippen molar-refractivity contribution in [2.24, 2.45) is 4.99 Å². The molecule has 7 nitrogen and oxygen atoms in total. The van der Waals surface area contributed by atoms with E-state index in [1.54, 1.807) is 53.5 Å². The lowest BCUT2D eigenvalue weighted by Gasteiger charge is -2.23. The highest BCUT2D eigenvalue weighted by molar-refractivity contribution is 5.98. The van der Waals surface area contributed by atoms with Crippen LogP contribution in [0.3, 0.4) is 0 Å². The zero-order chi connectivity index (χ0) is 22.1. The van der Waals surface area contributed by atoms with Crippen molar-refractivity contribution in [3.05, 3.63) is 35.9 Å². The Morgan fingerprint density at radius 3 is 2.14 bits per heavy atom. The molecule has 0 saturated heterocycles. The average Bonchev–Trinajstić information content (AvgIpc) is 2.55. The predicted molar refractivity (Wildman–Crippen MR) is 114 cm³/mol. The van der Waals surface area contributed by atoms with Gasteiger partial charge in [0, 0.05) is 13.5 Å².